The summed E-state index contributed by atoms with van der Waals surface area (Å²) in [5, 5.41) is 9.51. The SMILES string of the molecule is Cc1ccc2cc3c(NC(=O)C(C)C)nn(CC(C)C)c3nc2c1. The molecule has 24 heavy (non-hydrogen) atoms. The molecule has 0 unspecified atom stereocenters. The maximum atomic E-state index is 12.1. The summed E-state index contributed by atoms with van der Waals surface area (Å²) in [5.41, 5.74) is 2.95. The van der Waals surface area contributed by atoms with Crippen molar-refractivity contribution in [2.75, 3.05) is 5.32 Å². The summed E-state index contributed by atoms with van der Waals surface area (Å²) >= 11 is 0. The van der Waals surface area contributed by atoms with E-state index in [9.17, 15) is 4.79 Å². The van der Waals surface area contributed by atoms with E-state index >= 15 is 0 Å². The Balaban J connectivity index is 2.20. The first kappa shape index (κ1) is 16.4. The summed E-state index contributed by atoms with van der Waals surface area (Å²) in [7, 11) is 0. The smallest absolute Gasteiger partial charge is 0.228 e. The van der Waals surface area contributed by atoms with Gasteiger partial charge in [0, 0.05) is 17.8 Å². The fourth-order valence-corrected chi connectivity index (χ4v) is 2.69. The van der Waals surface area contributed by atoms with Crippen LogP contribution in [-0.4, -0.2) is 20.7 Å². The fourth-order valence-electron chi connectivity index (χ4n) is 2.69. The number of anilines is 1. The van der Waals surface area contributed by atoms with Crippen molar-refractivity contribution in [3.63, 3.8) is 0 Å². The molecule has 5 heteroatoms. The Bertz CT molecular complexity index is 909. The third-order valence-corrected chi connectivity index (χ3v) is 3.98. The van der Waals surface area contributed by atoms with Crippen LogP contribution in [-0.2, 0) is 11.3 Å². The molecule has 5 nitrogen and oxygen atoms in total. The van der Waals surface area contributed by atoms with Gasteiger partial charge in [0.15, 0.2) is 11.5 Å². The van der Waals surface area contributed by atoms with Gasteiger partial charge in [0.1, 0.15) is 0 Å². The minimum Gasteiger partial charge on any atom is -0.308 e. The van der Waals surface area contributed by atoms with Crippen LogP contribution in [0.2, 0.25) is 0 Å². The third kappa shape index (κ3) is 3.11. The zero-order chi connectivity index (χ0) is 17.4. The van der Waals surface area contributed by atoms with E-state index in [2.05, 4.69) is 55.5 Å². The van der Waals surface area contributed by atoms with Crippen LogP contribution in [0.5, 0.6) is 0 Å². The molecule has 2 aromatic heterocycles. The summed E-state index contributed by atoms with van der Waals surface area (Å²) in [6.45, 7) is 10.9. The number of fused-ring (bicyclic) bond motifs is 2. The predicted octanol–water partition coefficient (Wildman–Crippen LogP) is 4.14. The molecule has 0 radical (unpaired) electrons. The van der Waals surface area contributed by atoms with E-state index < -0.39 is 0 Å². The van der Waals surface area contributed by atoms with Crippen LogP contribution in [0, 0.1) is 18.8 Å². The summed E-state index contributed by atoms with van der Waals surface area (Å²) < 4.78 is 1.90. The van der Waals surface area contributed by atoms with Crippen molar-refractivity contribution in [3.8, 4) is 0 Å². The number of nitrogens with zero attached hydrogens (tertiary/aromatic N) is 3. The molecule has 0 saturated heterocycles. The minimum absolute atomic E-state index is 0.0323. The van der Waals surface area contributed by atoms with Gasteiger partial charge in [-0.2, -0.15) is 5.10 Å². The summed E-state index contributed by atoms with van der Waals surface area (Å²) in [6, 6.07) is 8.27. The van der Waals surface area contributed by atoms with E-state index in [0.29, 0.717) is 11.7 Å². The second kappa shape index (κ2) is 6.23. The molecule has 0 aliphatic carbocycles. The number of rotatable bonds is 4. The number of hydrogen-bond donors (Lipinski definition) is 1. The fraction of sp³-hybridized carbons (Fsp3) is 0.421. The lowest BCUT2D eigenvalue weighted by Gasteiger charge is -2.06. The summed E-state index contributed by atoms with van der Waals surface area (Å²) in [6.07, 6.45) is 0. The van der Waals surface area contributed by atoms with Gasteiger partial charge in [0.05, 0.1) is 10.9 Å². The Morgan fingerprint density at radius 2 is 1.96 bits per heavy atom. The number of hydrogen-bond acceptors (Lipinski definition) is 3. The first-order chi connectivity index (χ1) is 11.3. The van der Waals surface area contributed by atoms with Crippen molar-refractivity contribution in [1.82, 2.24) is 14.8 Å². The summed E-state index contributed by atoms with van der Waals surface area (Å²) in [4.78, 5) is 16.9. The molecule has 0 atom stereocenters. The molecule has 0 spiro atoms. The highest BCUT2D eigenvalue weighted by Crippen LogP contribution is 2.27. The molecule has 2 heterocycles. The van der Waals surface area contributed by atoms with E-state index in [0.717, 1.165) is 28.5 Å². The van der Waals surface area contributed by atoms with Crippen molar-refractivity contribution in [3.05, 3.63) is 29.8 Å². The maximum Gasteiger partial charge on any atom is 0.228 e. The van der Waals surface area contributed by atoms with Crippen LogP contribution in [0.25, 0.3) is 21.9 Å². The summed E-state index contributed by atoms with van der Waals surface area (Å²) in [5.74, 6) is 0.914. The minimum atomic E-state index is -0.0913. The van der Waals surface area contributed by atoms with Crippen molar-refractivity contribution >= 4 is 33.7 Å². The predicted molar refractivity (Wildman–Crippen MR) is 98.1 cm³/mol. The van der Waals surface area contributed by atoms with Gasteiger partial charge in [-0.3, -0.25) is 4.79 Å². The van der Waals surface area contributed by atoms with Gasteiger partial charge in [-0.25, -0.2) is 9.67 Å². The van der Waals surface area contributed by atoms with Crippen LogP contribution < -0.4 is 5.32 Å². The van der Waals surface area contributed by atoms with Gasteiger partial charge in [-0.15, -0.1) is 0 Å². The highest BCUT2D eigenvalue weighted by molar-refractivity contribution is 6.03. The Morgan fingerprint density at radius 3 is 2.62 bits per heavy atom. The number of pyridine rings is 1. The quantitative estimate of drug-likeness (QED) is 0.784. The number of carbonyl (C=O) groups is 1. The molecule has 1 N–H and O–H groups in total. The molecule has 3 rings (SSSR count). The number of carbonyl (C=O) groups excluding carboxylic acids is 1. The van der Waals surface area contributed by atoms with Crippen molar-refractivity contribution in [1.29, 1.82) is 0 Å². The lowest BCUT2D eigenvalue weighted by Crippen LogP contribution is -2.18. The van der Waals surface area contributed by atoms with Crippen LogP contribution >= 0.6 is 0 Å². The average Bonchev–Trinajstić information content (AvgIpc) is 2.81. The molecule has 0 aliphatic heterocycles. The van der Waals surface area contributed by atoms with Gasteiger partial charge in [0.2, 0.25) is 5.91 Å². The Kier molecular flexibility index (Phi) is 4.26. The topological polar surface area (TPSA) is 59.8 Å². The van der Waals surface area contributed by atoms with E-state index in [1.54, 1.807) is 0 Å². The second-order valence-corrected chi connectivity index (χ2v) is 7.12. The zero-order valence-electron chi connectivity index (χ0n) is 14.9. The van der Waals surface area contributed by atoms with E-state index in [1.165, 1.54) is 5.56 Å². The third-order valence-electron chi connectivity index (χ3n) is 3.98. The van der Waals surface area contributed by atoms with Crippen molar-refractivity contribution in [2.45, 2.75) is 41.2 Å². The van der Waals surface area contributed by atoms with Crippen LogP contribution in [0.4, 0.5) is 5.82 Å². The molecular weight excluding hydrogens is 300 g/mol. The first-order valence-corrected chi connectivity index (χ1v) is 8.44. The molecule has 1 aromatic carbocycles. The number of amides is 1. The van der Waals surface area contributed by atoms with Crippen molar-refractivity contribution < 1.29 is 4.79 Å². The van der Waals surface area contributed by atoms with E-state index in [-0.39, 0.29) is 11.8 Å². The Labute approximate surface area is 142 Å². The lowest BCUT2D eigenvalue weighted by molar-refractivity contribution is -0.118. The lowest BCUT2D eigenvalue weighted by atomic mass is 10.1. The second-order valence-electron chi connectivity index (χ2n) is 7.12. The normalized spacial score (nSPS) is 11.8. The van der Waals surface area contributed by atoms with E-state index in [1.807, 2.05) is 18.5 Å². The molecule has 0 fully saturated rings. The largest absolute Gasteiger partial charge is 0.308 e. The Morgan fingerprint density at radius 1 is 1.21 bits per heavy atom. The molecule has 0 aliphatic rings. The van der Waals surface area contributed by atoms with Crippen LogP contribution in [0.3, 0.4) is 0 Å². The zero-order valence-corrected chi connectivity index (χ0v) is 14.9. The molecule has 0 bridgehead atoms. The molecule has 0 saturated carbocycles. The average molecular weight is 324 g/mol. The molecule has 1 amide bonds. The van der Waals surface area contributed by atoms with Gasteiger partial charge in [0.25, 0.3) is 0 Å². The Hall–Kier alpha value is -2.43. The first-order valence-electron chi connectivity index (χ1n) is 8.44. The van der Waals surface area contributed by atoms with Crippen molar-refractivity contribution in [2.24, 2.45) is 11.8 Å². The van der Waals surface area contributed by atoms with Gasteiger partial charge < -0.3 is 5.32 Å². The molecule has 3 aromatic rings. The number of aromatic nitrogens is 3. The highest BCUT2D eigenvalue weighted by atomic mass is 16.1. The number of aryl methyl sites for hydroxylation is 1. The van der Waals surface area contributed by atoms with Gasteiger partial charge in [-0.1, -0.05) is 39.8 Å². The van der Waals surface area contributed by atoms with Gasteiger partial charge in [-0.05, 0) is 30.5 Å². The molecule has 126 valence electrons. The maximum absolute atomic E-state index is 12.1. The van der Waals surface area contributed by atoms with Crippen LogP contribution in [0.1, 0.15) is 33.3 Å². The number of nitrogens with one attached hydrogen (secondary N) is 1. The highest BCUT2D eigenvalue weighted by Gasteiger charge is 2.17. The van der Waals surface area contributed by atoms with Gasteiger partial charge >= 0.3 is 0 Å². The monoisotopic (exact) mass is 324 g/mol. The van der Waals surface area contributed by atoms with Crippen LogP contribution in [0.15, 0.2) is 24.3 Å². The standard InChI is InChI=1S/C19H24N4O/c1-11(2)10-23-18-15(17(22-23)21-19(24)12(3)4)9-14-7-6-13(5)8-16(14)20-18/h6-9,11-12H,10H2,1-5H3,(H,21,22,24). The van der Waals surface area contributed by atoms with E-state index in [4.69, 9.17) is 4.98 Å². The number of benzene rings is 1. The molecular formula is C19H24N4O.